The number of rotatable bonds is 1. The van der Waals surface area contributed by atoms with Gasteiger partial charge in [0, 0.05) is 19.8 Å². The molecule has 0 bridgehead atoms. The summed E-state index contributed by atoms with van der Waals surface area (Å²) in [5.41, 5.74) is 5.42. The average Bonchev–Trinajstić information content (AvgIpc) is 2.14. The van der Waals surface area contributed by atoms with Gasteiger partial charge in [0.25, 0.3) is 0 Å². The maximum Gasteiger partial charge on any atom is 0.0905 e. The summed E-state index contributed by atoms with van der Waals surface area (Å²) in [6.45, 7) is 0.730. The molecule has 0 amide bonds. The Morgan fingerprint density at radius 3 is 2.88 bits per heavy atom. The molecule has 3 heteroatoms. The first kappa shape index (κ1) is 5.98. The first-order chi connectivity index (χ1) is 3.84. The first-order valence-corrected chi connectivity index (χ1v) is 3.53. The molecule has 0 aromatic carbocycles. The lowest BCUT2D eigenvalue weighted by molar-refractivity contribution is 0.442. The molecule has 0 aliphatic carbocycles. The van der Waals surface area contributed by atoms with Gasteiger partial charge in [0.15, 0.2) is 0 Å². The van der Waals surface area contributed by atoms with Gasteiger partial charge >= 0.3 is 0 Å². The number of hydrogen-bond donors (Lipinski definition) is 1. The summed E-state index contributed by atoms with van der Waals surface area (Å²) in [5.74, 6) is 0. The van der Waals surface area contributed by atoms with E-state index in [1.165, 1.54) is 0 Å². The quantitative estimate of drug-likeness (QED) is 0.558. The number of thioether (sulfide) groups is 1. The third-order valence-corrected chi connectivity index (χ3v) is 2.31. The summed E-state index contributed by atoms with van der Waals surface area (Å²) in [6, 6.07) is 0. The number of nitrogens with zero attached hydrogens (tertiary/aromatic N) is 1. The van der Waals surface area contributed by atoms with Gasteiger partial charge in [-0.15, -0.1) is 11.8 Å². The summed E-state index contributed by atoms with van der Waals surface area (Å²) in [7, 11) is 2.04. The molecule has 1 unspecified atom stereocenters. The number of nitrogens with two attached hydrogens (primary N) is 1. The molecule has 0 saturated carbocycles. The highest BCUT2D eigenvalue weighted by Gasteiger charge is 2.12. The van der Waals surface area contributed by atoms with Crippen molar-refractivity contribution < 1.29 is 0 Å². The molecule has 0 fully saturated rings. The van der Waals surface area contributed by atoms with Crippen molar-refractivity contribution in [1.29, 1.82) is 0 Å². The lowest BCUT2D eigenvalue weighted by Gasteiger charge is -2.16. The van der Waals surface area contributed by atoms with Crippen molar-refractivity contribution in [3.63, 3.8) is 0 Å². The molecule has 1 atom stereocenters. The molecule has 0 aromatic rings. The Hall–Kier alpha value is -0.150. The summed E-state index contributed by atoms with van der Waals surface area (Å²) in [4.78, 5) is 2.12. The topological polar surface area (TPSA) is 29.3 Å². The summed E-state index contributed by atoms with van der Waals surface area (Å²) < 4.78 is 0. The van der Waals surface area contributed by atoms with Gasteiger partial charge in [0.05, 0.1) is 5.37 Å². The van der Waals surface area contributed by atoms with Crippen molar-refractivity contribution in [2.24, 2.45) is 5.73 Å². The van der Waals surface area contributed by atoms with Gasteiger partial charge in [-0.05, 0) is 5.41 Å². The monoisotopic (exact) mass is 130 g/mol. The molecule has 1 rings (SSSR count). The average molecular weight is 130 g/mol. The van der Waals surface area contributed by atoms with Gasteiger partial charge in [0.2, 0.25) is 0 Å². The van der Waals surface area contributed by atoms with Gasteiger partial charge in [-0.1, -0.05) is 0 Å². The minimum Gasteiger partial charge on any atom is -0.366 e. The summed E-state index contributed by atoms with van der Waals surface area (Å²) in [5, 5.41) is 2.55. The van der Waals surface area contributed by atoms with Crippen LogP contribution in [0.1, 0.15) is 0 Å². The van der Waals surface area contributed by atoms with Crippen LogP contribution in [0.3, 0.4) is 0 Å². The zero-order valence-electron chi connectivity index (χ0n) is 4.87. The van der Waals surface area contributed by atoms with Crippen LogP contribution in [-0.2, 0) is 0 Å². The lowest BCUT2D eigenvalue weighted by atomic mass is 10.6. The van der Waals surface area contributed by atoms with Crippen molar-refractivity contribution in [2.75, 3.05) is 13.6 Å². The van der Waals surface area contributed by atoms with Crippen LogP contribution in [0.4, 0.5) is 0 Å². The highest BCUT2D eigenvalue weighted by Crippen LogP contribution is 2.21. The van der Waals surface area contributed by atoms with Crippen LogP contribution in [0, 0.1) is 0 Å². The fraction of sp³-hybridized carbons (Fsp3) is 0.600. The zero-order valence-corrected chi connectivity index (χ0v) is 5.69. The Bertz CT molecular complexity index is 103. The summed E-state index contributed by atoms with van der Waals surface area (Å²) >= 11 is 1.77. The number of hydrogen-bond acceptors (Lipinski definition) is 3. The molecule has 2 nitrogen and oxygen atoms in total. The van der Waals surface area contributed by atoms with Crippen LogP contribution in [0.5, 0.6) is 0 Å². The van der Waals surface area contributed by atoms with E-state index >= 15 is 0 Å². The maximum atomic E-state index is 5.42. The van der Waals surface area contributed by atoms with Crippen molar-refractivity contribution in [2.45, 2.75) is 5.37 Å². The van der Waals surface area contributed by atoms with Crippen LogP contribution in [0.15, 0.2) is 11.6 Å². The van der Waals surface area contributed by atoms with E-state index in [4.69, 9.17) is 5.73 Å². The molecule has 2 N–H and O–H groups in total. The second-order valence-electron chi connectivity index (χ2n) is 1.78. The van der Waals surface area contributed by atoms with E-state index in [2.05, 4.69) is 10.3 Å². The van der Waals surface area contributed by atoms with Crippen LogP contribution < -0.4 is 5.73 Å². The molecule has 0 spiro atoms. The lowest BCUT2D eigenvalue weighted by Crippen LogP contribution is -2.27. The van der Waals surface area contributed by atoms with Crippen LogP contribution in [0.2, 0.25) is 0 Å². The van der Waals surface area contributed by atoms with Gasteiger partial charge in [-0.2, -0.15) is 0 Å². The van der Waals surface area contributed by atoms with Gasteiger partial charge in [-0.3, -0.25) is 0 Å². The van der Waals surface area contributed by atoms with Crippen molar-refractivity contribution in [3.05, 3.63) is 11.6 Å². The van der Waals surface area contributed by atoms with E-state index in [0.29, 0.717) is 5.37 Å². The van der Waals surface area contributed by atoms with Crippen LogP contribution in [-0.4, -0.2) is 23.9 Å². The highest BCUT2D eigenvalue weighted by molar-refractivity contribution is 8.02. The van der Waals surface area contributed by atoms with Gasteiger partial charge < -0.3 is 10.6 Å². The van der Waals surface area contributed by atoms with Crippen LogP contribution in [0.25, 0.3) is 0 Å². The third kappa shape index (κ3) is 0.980. The minimum atomic E-state index is 0.481. The largest absolute Gasteiger partial charge is 0.366 e. The fourth-order valence-corrected chi connectivity index (χ4v) is 1.45. The van der Waals surface area contributed by atoms with E-state index in [9.17, 15) is 0 Å². The smallest absolute Gasteiger partial charge is 0.0905 e. The standard InChI is InChI=1S/C5H10N2S/c1-7-2-3-8-5(7)4-6/h2-3,5H,4,6H2,1H3. The molecule has 1 aliphatic heterocycles. The molecule has 0 saturated heterocycles. The molecule has 0 aromatic heterocycles. The predicted molar refractivity (Wildman–Crippen MR) is 37.3 cm³/mol. The molecule has 1 heterocycles. The van der Waals surface area contributed by atoms with Crippen molar-refractivity contribution >= 4 is 11.8 Å². The predicted octanol–water partition coefficient (Wildman–Crippen LogP) is 0.421. The molecule has 0 radical (unpaired) electrons. The van der Waals surface area contributed by atoms with E-state index in [0.717, 1.165) is 6.54 Å². The molecule has 8 heavy (non-hydrogen) atoms. The van der Waals surface area contributed by atoms with E-state index in [1.54, 1.807) is 11.8 Å². The Morgan fingerprint density at radius 1 is 1.88 bits per heavy atom. The highest BCUT2D eigenvalue weighted by atomic mass is 32.2. The second kappa shape index (κ2) is 2.42. The van der Waals surface area contributed by atoms with E-state index < -0.39 is 0 Å². The first-order valence-electron chi connectivity index (χ1n) is 2.58. The molecular weight excluding hydrogens is 120 g/mol. The Kier molecular flexibility index (Phi) is 1.81. The second-order valence-corrected chi connectivity index (χ2v) is 2.87. The Labute approximate surface area is 53.7 Å². The minimum absolute atomic E-state index is 0.481. The third-order valence-electron chi connectivity index (χ3n) is 1.19. The Morgan fingerprint density at radius 2 is 2.62 bits per heavy atom. The summed E-state index contributed by atoms with van der Waals surface area (Å²) in [6.07, 6.45) is 2.04. The molecular formula is C5H10N2S. The van der Waals surface area contributed by atoms with Gasteiger partial charge in [0.1, 0.15) is 0 Å². The number of likely N-dealkylation sites (N-methyl/N-ethyl adjacent to an activating group) is 1. The zero-order chi connectivity index (χ0) is 5.98. The molecule has 46 valence electrons. The van der Waals surface area contributed by atoms with Crippen molar-refractivity contribution in [3.8, 4) is 0 Å². The fourth-order valence-electron chi connectivity index (χ4n) is 0.636. The SMILES string of the molecule is CN1C=CSC1CN. The van der Waals surface area contributed by atoms with Crippen LogP contribution >= 0.6 is 11.8 Å². The molecule has 1 aliphatic rings. The van der Waals surface area contributed by atoms with E-state index in [-0.39, 0.29) is 0 Å². The van der Waals surface area contributed by atoms with Gasteiger partial charge in [-0.25, -0.2) is 0 Å². The van der Waals surface area contributed by atoms with E-state index in [1.807, 2.05) is 13.2 Å². The van der Waals surface area contributed by atoms with Crippen molar-refractivity contribution in [1.82, 2.24) is 4.90 Å². The Balaban J connectivity index is 2.38. The normalized spacial score (nSPS) is 27.2. The maximum absolute atomic E-state index is 5.42.